The molecule has 0 aliphatic heterocycles. The number of hydrogen-bond donors (Lipinski definition) is 2. The van der Waals surface area contributed by atoms with Crippen LogP contribution in [-0.4, -0.2) is 26.6 Å². The van der Waals surface area contributed by atoms with Crippen LogP contribution < -0.4 is 10.9 Å². The number of aromatic nitrogens is 3. The first-order chi connectivity index (χ1) is 12.6. The minimum absolute atomic E-state index is 0.117. The van der Waals surface area contributed by atoms with Crippen molar-refractivity contribution in [1.29, 1.82) is 0 Å². The maximum absolute atomic E-state index is 12.2. The highest BCUT2D eigenvalue weighted by Gasteiger charge is 2.16. The Morgan fingerprint density at radius 3 is 2.73 bits per heavy atom. The fourth-order valence-corrected chi connectivity index (χ4v) is 3.16. The van der Waals surface area contributed by atoms with Crippen molar-refractivity contribution < 1.29 is 14.0 Å². The number of carbonyl (C=O) groups excluding carboxylic acids is 2. The van der Waals surface area contributed by atoms with Gasteiger partial charge in [0.05, 0.1) is 12.4 Å². The molecule has 0 fully saturated rings. The lowest BCUT2D eigenvalue weighted by molar-refractivity contribution is 0.0834. The van der Waals surface area contributed by atoms with Gasteiger partial charge in [0, 0.05) is 24.2 Å². The number of carbonyl (C=O) groups is 2. The van der Waals surface area contributed by atoms with Crippen LogP contribution in [-0.2, 0) is 7.05 Å². The van der Waals surface area contributed by atoms with Gasteiger partial charge in [0.2, 0.25) is 0 Å². The molecule has 3 aromatic heterocycles. The standard InChI is InChI=1S/C17H13N5O3S/c1-22-9-11(7-19-22)17-18-8-14(26-17)16(24)21-20-15(23)13-6-10-4-2-3-5-12(10)25-13/h2-9H,1H3,(H,20,23)(H,21,24). The quantitative estimate of drug-likeness (QED) is 0.541. The van der Waals surface area contributed by atoms with Crippen LogP contribution in [0.3, 0.4) is 0 Å². The van der Waals surface area contributed by atoms with Gasteiger partial charge in [-0.1, -0.05) is 18.2 Å². The highest BCUT2D eigenvalue weighted by molar-refractivity contribution is 7.16. The minimum atomic E-state index is -0.536. The first-order valence-electron chi connectivity index (χ1n) is 7.64. The molecule has 2 amide bonds. The van der Waals surface area contributed by atoms with E-state index in [4.69, 9.17) is 4.42 Å². The van der Waals surface area contributed by atoms with E-state index < -0.39 is 11.8 Å². The topological polar surface area (TPSA) is 102 Å². The number of fused-ring (bicyclic) bond motifs is 1. The number of rotatable bonds is 3. The van der Waals surface area contributed by atoms with Gasteiger partial charge in [-0.15, -0.1) is 11.3 Å². The van der Waals surface area contributed by atoms with Crippen molar-refractivity contribution in [3.05, 3.63) is 59.6 Å². The van der Waals surface area contributed by atoms with Crippen molar-refractivity contribution in [2.75, 3.05) is 0 Å². The minimum Gasteiger partial charge on any atom is -0.451 e. The Balaban J connectivity index is 1.42. The molecule has 26 heavy (non-hydrogen) atoms. The van der Waals surface area contributed by atoms with Crippen molar-refractivity contribution >= 4 is 34.1 Å². The van der Waals surface area contributed by atoms with Crippen LogP contribution in [0.15, 0.2) is 53.3 Å². The number of furan rings is 1. The lowest BCUT2D eigenvalue weighted by Crippen LogP contribution is -2.41. The zero-order valence-corrected chi connectivity index (χ0v) is 14.4. The van der Waals surface area contributed by atoms with Gasteiger partial charge in [0.15, 0.2) is 5.76 Å². The first-order valence-corrected chi connectivity index (χ1v) is 8.46. The highest BCUT2D eigenvalue weighted by atomic mass is 32.1. The molecular weight excluding hydrogens is 354 g/mol. The summed E-state index contributed by atoms with van der Waals surface area (Å²) in [6, 6.07) is 8.89. The second-order valence-electron chi connectivity index (χ2n) is 5.49. The fraction of sp³-hybridized carbons (Fsp3) is 0.0588. The summed E-state index contributed by atoms with van der Waals surface area (Å²) >= 11 is 1.21. The normalized spacial score (nSPS) is 10.8. The Morgan fingerprint density at radius 2 is 1.96 bits per heavy atom. The number of aryl methyl sites for hydroxylation is 1. The third-order valence-corrected chi connectivity index (χ3v) is 4.67. The molecule has 130 valence electrons. The van der Waals surface area contributed by atoms with Gasteiger partial charge in [-0.05, 0) is 12.1 Å². The van der Waals surface area contributed by atoms with Gasteiger partial charge < -0.3 is 4.42 Å². The van der Waals surface area contributed by atoms with Crippen LogP contribution in [0, 0.1) is 0 Å². The molecule has 0 radical (unpaired) electrons. The average Bonchev–Trinajstić information content (AvgIpc) is 3.37. The molecule has 1 aromatic carbocycles. The monoisotopic (exact) mass is 367 g/mol. The summed E-state index contributed by atoms with van der Waals surface area (Å²) < 4.78 is 7.11. The Bertz CT molecular complexity index is 1080. The van der Waals surface area contributed by atoms with E-state index in [1.807, 2.05) is 24.4 Å². The van der Waals surface area contributed by atoms with Crippen molar-refractivity contribution in [3.8, 4) is 10.6 Å². The van der Waals surface area contributed by atoms with E-state index in [0.29, 0.717) is 15.5 Å². The SMILES string of the molecule is Cn1cc(-c2ncc(C(=O)NNC(=O)c3cc4ccccc4o3)s2)cn1. The molecule has 0 bridgehead atoms. The maximum Gasteiger partial charge on any atom is 0.305 e. The van der Waals surface area contributed by atoms with Crippen LogP contribution in [0.25, 0.3) is 21.5 Å². The van der Waals surface area contributed by atoms with Gasteiger partial charge in [0.1, 0.15) is 15.5 Å². The summed E-state index contributed by atoms with van der Waals surface area (Å²) in [5, 5.41) is 5.56. The Hall–Kier alpha value is -3.46. The van der Waals surface area contributed by atoms with Crippen molar-refractivity contribution in [3.63, 3.8) is 0 Å². The largest absolute Gasteiger partial charge is 0.451 e. The molecule has 0 saturated heterocycles. The molecule has 0 atom stereocenters. The summed E-state index contributed by atoms with van der Waals surface area (Å²) in [4.78, 5) is 28.9. The summed E-state index contributed by atoms with van der Waals surface area (Å²) in [5.41, 5.74) is 6.13. The number of para-hydroxylation sites is 1. The number of benzene rings is 1. The van der Waals surface area contributed by atoms with E-state index in [0.717, 1.165) is 10.9 Å². The third-order valence-electron chi connectivity index (χ3n) is 3.62. The Morgan fingerprint density at radius 1 is 1.15 bits per heavy atom. The summed E-state index contributed by atoms with van der Waals surface area (Å²) in [7, 11) is 1.80. The zero-order chi connectivity index (χ0) is 18.1. The highest BCUT2D eigenvalue weighted by Crippen LogP contribution is 2.24. The molecule has 0 unspecified atom stereocenters. The van der Waals surface area contributed by atoms with E-state index in [9.17, 15) is 9.59 Å². The van der Waals surface area contributed by atoms with E-state index >= 15 is 0 Å². The number of hydrazine groups is 1. The summed E-state index contributed by atoms with van der Waals surface area (Å²) in [6.45, 7) is 0. The van der Waals surface area contributed by atoms with Crippen LogP contribution >= 0.6 is 11.3 Å². The molecule has 9 heteroatoms. The molecule has 0 aliphatic rings. The van der Waals surface area contributed by atoms with Crippen LogP contribution in [0.2, 0.25) is 0 Å². The number of nitrogens with one attached hydrogen (secondary N) is 2. The van der Waals surface area contributed by atoms with E-state index in [-0.39, 0.29) is 5.76 Å². The first kappa shape index (κ1) is 16.0. The Labute approximate surface area is 151 Å². The second kappa shape index (κ2) is 6.45. The number of thiazole rings is 1. The molecule has 2 N–H and O–H groups in total. The van der Waals surface area contributed by atoms with Crippen LogP contribution in [0.1, 0.15) is 20.2 Å². The molecule has 0 saturated carbocycles. The van der Waals surface area contributed by atoms with E-state index in [2.05, 4.69) is 20.9 Å². The van der Waals surface area contributed by atoms with Gasteiger partial charge in [-0.2, -0.15) is 5.10 Å². The molecule has 0 aliphatic carbocycles. The van der Waals surface area contributed by atoms with Crippen LogP contribution in [0.4, 0.5) is 0 Å². The molecule has 0 spiro atoms. The van der Waals surface area contributed by atoms with E-state index in [1.54, 1.807) is 30.1 Å². The molecule has 8 nitrogen and oxygen atoms in total. The van der Waals surface area contributed by atoms with Gasteiger partial charge >= 0.3 is 5.91 Å². The smallest absolute Gasteiger partial charge is 0.305 e. The predicted molar refractivity (Wildman–Crippen MR) is 95.5 cm³/mol. The lowest BCUT2D eigenvalue weighted by Gasteiger charge is -2.03. The number of amides is 2. The molecule has 4 rings (SSSR count). The number of hydrogen-bond acceptors (Lipinski definition) is 6. The van der Waals surface area contributed by atoms with Crippen molar-refractivity contribution in [1.82, 2.24) is 25.6 Å². The van der Waals surface area contributed by atoms with Crippen molar-refractivity contribution in [2.24, 2.45) is 7.05 Å². The summed E-state index contributed by atoms with van der Waals surface area (Å²) in [5.74, 6) is -0.875. The van der Waals surface area contributed by atoms with Gasteiger partial charge in [-0.3, -0.25) is 25.1 Å². The molecule has 4 aromatic rings. The number of nitrogens with zero attached hydrogens (tertiary/aromatic N) is 3. The molecular formula is C17H13N5O3S. The zero-order valence-electron chi connectivity index (χ0n) is 13.6. The average molecular weight is 367 g/mol. The van der Waals surface area contributed by atoms with Gasteiger partial charge in [0.25, 0.3) is 5.91 Å². The lowest BCUT2D eigenvalue weighted by atomic mass is 10.2. The van der Waals surface area contributed by atoms with Crippen molar-refractivity contribution in [2.45, 2.75) is 0 Å². The van der Waals surface area contributed by atoms with E-state index in [1.165, 1.54) is 17.5 Å². The van der Waals surface area contributed by atoms with Crippen LogP contribution in [0.5, 0.6) is 0 Å². The Kier molecular flexibility index (Phi) is 3.98. The fourth-order valence-electron chi connectivity index (χ4n) is 2.37. The third kappa shape index (κ3) is 3.07. The predicted octanol–water partition coefficient (Wildman–Crippen LogP) is 2.36. The molecule has 3 heterocycles. The second-order valence-corrected chi connectivity index (χ2v) is 6.52. The van der Waals surface area contributed by atoms with Gasteiger partial charge in [-0.25, -0.2) is 4.98 Å². The maximum atomic E-state index is 12.2. The summed E-state index contributed by atoms with van der Waals surface area (Å²) in [6.07, 6.45) is 4.93.